The Morgan fingerprint density at radius 1 is 1.00 bits per heavy atom. The van der Waals surface area contributed by atoms with Gasteiger partial charge in [0.2, 0.25) is 5.91 Å². The van der Waals surface area contributed by atoms with E-state index >= 15 is 0 Å². The van der Waals surface area contributed by atoms with Crippen LogP contribution in [-0.2, 0) is 4.79 Å². The Bertz CT molecular complexity index is 1040. The molecule has 1 atom stereocenters. The number of carbonyl (C=O) groups is 1. The van der Waals surface area contributed by atoms with Gasteiger partial charge in [0.15, 0.2) is 0 Å². The smallest absolute Gasteiger partial charge is 0.228 e. The van der Waals surface area contributed by atoms with Crippen LogP contribution in [0.15, 0.2) is 55.0 Å². The Morgan fingerprint density at radius 2 is 1.76 bits per heavy atom. The molecule has 0 unspecified atom stereocenters. The number of carbonyl (C=O) groups excluding carboxylic acids is 1. The maximum absolute atomic E-state index is 12.9. The van der Waals surface area contributed by atoms with E-state index in [4.69, 9.17) is 11.6 Å². The average Bonchev–Trinajstić information content (AvgIpc) is 2.74. The van der Waals surface area contributed by atoms with Gasteiger partial charge in [-0.05, 0) is 91.8 Å². The minimum absolute atomic E-state index is 0.120. The Morgan fingerprint density at radius 3 is 2.48 bits per heavy atom. The van der Waals surface area contributed by atoms with Gasteiger partial charge in [0.25, 0.3) is 0 Å². The summed E-state index contributed by atoms with van der Waals surface area (Å²) in [7, 11) is 0. The van der Waals surface area contributed by atoms with Crippen LogP contribution in [0, 0.1) is 11.3 Å². The highest BCUT2D eigenvalue weighted by Crippen LogP contribution is 2.58. The molecule has 1 aromatic carbocycles. The van der Waals surface area contributed by atoms with E-state index in [0.717, 1.165) is 49.7 Å². The number of aromatic nitrogens is 2. The fourth-order valence-corrected chi connectivity index (χ4v) is 5.46. The third-order valence-corrected chi connectivity index (χ3v) is 7.35. The van der Waals surface area contributed by atoms with Gasteiger partial charge in [-0.1, -0.05) is 11.6 Å². The minimum Gasteiger partial charge on any atom is -0.326 e. The van der Waals surface area contributed by atoms with Crippen LogP contribution in [0.3, 0.4) is 0 Å². The fraction of sp³-hybridized carbons (Fsp3) is 0.375. The van der Waals surface area contributed by atoms with E-state index < -0.39 is 0 Å². The van der Waals surface area contributed by atoms with E-state index in [1.54, 1.807) is 6.20 Å². The zero-order valence-corrected chi connectivity index (χ0v) is 17.0. The number of nitrogens with one attached hydrogen (secondary N) is 1. The van der Waals surface area contributed by atoms with E-state index in [1.165, 1.54) is 10.9 Å². The fourth-order valence-electron chi connectivity index (χ4n) is 5.34. The SMILES string of the molecule is O=C(Nc1ccc(Cl)cc1)[C@H]1CC[C@]12CC[C@H](c1ccnc3ccncc31)CC2. The number of hydrogen-bond donors (Lipinski definition) is 1. The summed E-state index contributed by atoms with van der Waals surface area (Å²) in [5, 5.41) is 4.94. The van der Waals surface area contributed by atoms with Crippen molar-refractivity contribution >= 4 is 34.1 Å². The molecule has 2 aliphatic carbocycles. The summed E-state index contributed by atoms with van der Waals surface area (Å²) in [5.74, 6) is 0.807. The molecule has 0 bridgehead atoms. The highest BCUT2D eigenvalue weighted by atomic mass is 35.5. The van der Waals surface area contributed by atoms with Crippen LogP contribution in [-0.4, -0.2) is 15.9 Å². The molecule has 148 valence electrons. The molecular weight excluding hydrogens is 382 g/mol. The van der Waals surface area contributed by atoms with Crippen LogP contribution >= 0.6 is 11.6 Å². The topological polar surface area (TPSA) is 54.9 Å². The van der Waals surface area contributed by atoms with Gasteiger partial charge in [-0.3, -0.25) is 14.8 Å². The summed E-state index contributed by atoms with van der Waals surface area (Å²) in [6.45, 7) is 0. The zero-order chi connectivity index (χ0) is 19.8. The number of fused-ring (bicyclic) bond motifs is 1. The molecule has 1 amide bonds. The zero-order valence-electron chi connectivity index (χ0n) is 16.3. The van der Waals surface area contributed by atoms with Gasteiger partial charge in [0.05, 0.1) is 5.52 Å². The predicted molar refractivity (Wildman–Crippen MR) is 116 cm³/mol. The van der Waals surface area contributed by atoms with Crippen LogP contribution in [0.2, 0.25) is 5.02 Å². The largest absolute Gasteiger partial charge is 0.326 e. The molecule has 2 aliphatic rings. The first kappa shape index (κ1) is 18.6. The summed E-state index contributed by atoms with van der Waals surface area (Å²) in [4.78, 5) is 21.7. The lowest BCUT2D eigenvalue weighted by molar-refractivity contribution is -0.133. The summed E-state index contributed by atoms with van der Waals surface area (Å²) in [6, 6.07) is 11.5. The van der Waals surface area contributed by atoms with E-state index in [1.807, 2.05) is 42.7 Å². The molecule has 2 heterocycles. The lowest BCUT2D eigenvalue weighted by Gasteiger charge is -2.52. The van der Waals surface area contributed by atoms with Crippen molar-refractivity contribution in [3.63, 3.8) is 0 Å². The Labute approximate surface area is 175 Å². The summed E-state index contributed by atoms with van der Waals surface area (Å²) in [5.41, 5.74) is 3.38. The molecule has 29 heavy (non-hydrogen) atoms. The lowest BCUT2D eigenvalue weighted by atomic mass is 9.52. The quantitative estimate of drug-likeness (QED) is 0.583. The van der Waals surface area contributed by atoms with Crippen molar-refractivity contribution in [3.8, 4) is 0 Å². The van der Waals surface area contributed by atoms with Gasteiger partial charge in [0, 0.05) is 40.6 Å². The first-order valence-corrected chi connectivity index (χ1v) is 10.8. The molecule has 4 nitrogen and oxygen atoms in total. The molecule has 2 aromatic heterocycles. The van der Waals surface area contributed by atoms with Crippen molar-refractivity contribution in [2.45, 2.75) is 44.4 Å². The van der Waals surface area contributed by atoms with Gasteiger partial charge < -0.3 is 5.32 Å². The van der Waals surface area contributed by atoms with E-state index in [9.17, 15) is 4.79 Å². The lowest BCUT2D eigenvalue weighted by Crippen LogP contribution is -2.48. The molecule has 1 spiro atoms. The maximum Gasteiger partial charge on any atom is 0.228 e. The first-order valence-electron chi connectivity index (χ1n) is 10.4. The van der Waals surface area contributed by atoms with Gasteiger partial charge in [-0.25, -0.2) is 0 Å². The Balaban J connectivity index is 1.28. The number of hydrogen-bond acceptors (Lipinski definition) is 3. The molecule has 0 saturated heterocycles. The van der Waals surface area contributed by atoms with Crippen molar-refractivity contribution in [2.75, 3.05) is 5.32 Å². The second-order valence-corrected chi connectivity index (χ2v) is 8.95. The molecular formula is C24H24ClN3O. The second kappa shape index (κ2) is 7.42. The normalized spacial score (nSPS) is 26.2. The molecule has 5 rings (SSSR count). The number of pyridine rings is 2. The van der Waals surface area contributed by atoms with E-state index in [0.29, 0.717) is 10.9 Å². The number of rotatable bonds is 3. The van der Waals surface area contributed by atoms with Crippen LogP contribution in [0.25, 0.3) is 10.9 Å². The number of amides is 1. The third-order valence-electron chi connectivity index (χ3n) is 7.10. The Kier molecular flexibility index (Phi) is 4.75. The average molecular weight is 406 g/mol. The third kappa shape index (κ3) is 3.40. The van der Waals surface area contributed by atoms with Crippen molar-refractivity contribution in [3.05, 3.63) is 65.6 Å². The van der Waals surface area contributed by atoms with Crippen LogP contribution in [0.5, 0.6) is 0 Å². The monoisotopic (exact) mass is 405 g/mol. The molecule has 0 aliphatic heterocycles. The van der Waals surface area contributed by atoms with Crippen LogP contribution in [0.1, 0.15) is 50.0 Å². The molecule has 2 fully saturated rings. The molecule has 1 N–H and O–H groups in total. The maximum atomic E-state index is 12.9. The van der Waals surface area contributed by atoms with Crippen molar-refractivity contribution in [2.24, 2.45) is 11.3 Å². The van der Waals surface area contributed by atoms with Crippen molar-refractivity contribution in [1.29, 1.82) is 0 Å². The highest BCUT2D eigenvalue weighted by Gasteiger charge is 2.51. The number of benzene rings is 1. The predicted octanol–water partition coefficient (Wildman–Crippen LogP) is 5.98. The molecule has 0 radical (unpaired) electrons. The molecule has 2 saturated carbocycles. The minimum atomic E-state index is 0.120. The van der Waals surface area contributed by atoms with Gasteiger partial charge in [-0.15, -0.1) is 0 Å². The number of anilines is 1. The summed E-state index contributed by atoms with van der Waals surface area (Å²) in [6.07, 6.45) is 12.3. The standard InChI is InChI=1S/C24H24ClN3O/c25-17-1-3-18(4-2-17)28-23(29)21-7-12-24(21)10-5-16(6-11-24)19-8-14-27-22-9-13-26-15-20(19)22/h1-4,8-9,13-16,21H,5-7,10-12H2,(H,28,29)/t16-,21-,24+/m1/s1. The molecule has 5 heteroatoms. The van der Waals surface area contributed by atoms with Gasteiger partial charge >= 0.3 is 0 Å². The van der Waals surface area contributed by atoms with Gasteiger partial charge in [-0.2, -0.15) is 0 Å². The van der Waals surface area contributed by atoms with E-state index in [-0.39, 0.29) is 17.2 Å². The highest BCUT2D eigenvalue weighted by molar-refractivity contribution is 6.30. The molecule has 3 aromatic rings. The van der Waals surface area contributed by atoms with Gasteiger partial charge in [0.1, 0.15) is 0 Å². The number of nitrogens with zero attached hydrogens (tertiary/aromatic N) is 2. The van der Waals surface area contributed by atoms with E-state index in [2.05, 4.69) is 21.4 Å². The summed E-state index contributed by atoms with van der Waals surface area (Å²) < 4.78 is 0. The summed E-state index contributed by atoms with van der Waals surface area (Å²) >= 11 is 5.95. The number of halogens is 1. The Hall–Kier alpha value is -2.46. The van der Waals surface area contributed by atoms with Crippen molar-refractivity contribution < 1.29 is 4.79 Å². The second-order valence-electron chi connectivity index (χ2n) is 8.52. The van der Waals surface area contributed by atoms with Crippen molar-refractivity contribution in [1.82, 2.24) is 9.97 Å². The van der Waals surface area contributed by atoms with Crippen LogP contribution in [0.4, 0.5) is 5.69 Å². The van der Waals surface area contributed by atoms with Crippen LogP contribution < -0.4 is 5.32 Å². The first-order chi connectivity index (χ1) is 14.1.